The van der Waals surface area contributed by atoms with Gasteiger partial charge in [0, 0.05) is 18.6 Å². The van der Waals surface area contributed by atoms with Crippen LogP contribution in [0, 0.1) is 10.1 Å². The number of hydrogen-bond acceptors (Lipinski definition) is 3. The second-order valence-corrected chi connectivity index (χ2v) is 5.17. The fourth-order valence-electron chi connectivity index (χ4n) is 2.06. The molecule has 114 valence electrons. The number of unbranched alkanes of at least 4 members (excludes halogenated alkanes) is 5. The van der Waals surface area contributed by atoms with Crippen LogP contribution in [0.1, 0.15) is 57.4 Å². The maximum absolute atomic E-state index is 11.7. The zero-order valence-corrected chi connectivity index (χ0v) is 12.6. The fraction of sp³-hybridized carbons (Fsp3) is 0.471. The summed E-state index contributed by atoms with van der Waals surface area (Å²) in [6.07, 6.45) is 10.9. The summed E-state index contributed by atoms with van der Waals surface area (Å²) in [6, 6.07) is 6.18. The molecule has 0 radical (unpaired) electrons. The molecule has 0 bridgehead atoms. The van der Waals surface area contributed by atoms with Gasteiger partial charge in [0.2, 0.25) is 0 Å². The molecule has 0 atom stereocenters. The van der Waals surface area contributed by atoms with Gasteiger partial charge in [-0.2, -0.15) is 0 Å². The molecule has 0 heterocycles. The molecule has 0 aliphatic rings. The highest BCUT2D eigenvalue weighted by Gasteiger charge is 2.02. The van der Waals surface area contributed by atoms with Gasteiger partial charge in [0.15, 0.2) is 5.78 Å². The third kappa shape index (κ3) is 7.40. The van der Waals surface area contributed by atoms with Crippen LogP contribution in [0.4, 0.5) is 5.69 Å². The summed E-state index contributed by atoms with van der Waals surface area (Å²) in [5.41, 5.74) is 0.863. The Morgan fingerprint density at radius 1 is 1.10 bits per heavy atom. The van der Waals surface area contributed by atoms with Gasteiger partial charge in [-0.1, -0.05) is 45.1 Å². The van der Waals surface area contributed by atoms with Gasteiger partial charge in [-0.25, -0.2) is 0 Å². The number of hydrogen-bond donors (Lipinski definition) is 0. The van der Waals surface area contributed by atoms with Crippen molar-refractivity contribution in [1.29, 1.82) is 0 Å². The van der Waals surface area contributed by atoms with Gasteiger partial charge >= 0.3 is 0 Å². The molecule has 0 aliphatic heterocycles. The number of nitrogens with zero attached hydrogens (tertiary/aromatic N) is 1. The molecule has 1 aromatic rings. The maximum atomic E-state index is 11.7. The minimum Gasteiger partial charge on any atom is -0.295 e. The lowest BCUT2D eigenvalue weighted by molar-refractivity contribution is -0.384. The van der Waals surface area contributed by atoms with Crippen molar-refractivity contribution in [2.24, 2.45) is 0 Å². The lowest BCUT2D eigenvalue weighted by atomic mass is 10.1. The van der Waals surface area contributed by atoms with E-state index in [-0.39, 0.29) is 11.5 Å². The van der Waals surface area contributed by atoms with Crippen LogP contribution in [0.5, 0.6) is 0 Å². The standard InChI is InChI=1S/C17H23NO3/c1-2-3-4-5-6-7-8-17(19)14-11-15-9-12-16(13-10-15)18(20)21/h9-14H,2-8H2,1H3/b14-11-. The summed E-state index contributed by atoms with van der Waals surface area (Å²) < 4.78 is 0. The zero-order valence-electron chi connectivity index (χ0n) is 12.6. The molecule has 1 aromatic carbocycles. The molecule has 0 aliphatic carbocycles. The maximum Gasteiger partial charge on any atom is 0.269 e. The zero-order chi connectivity index (χ0) is 15.5. The lowest BCUT2D eigenvalue weighted by Crippen LogP contribution is -1.92. The normalized spacial score (nSPS) is 10.9. The Morgan fingerprint density at radius 2 is 1.71 bits per heavy atom. The van der Waals surface area contributed by atoms with E-state index < -0.39 is 4.92 Å². The molecular weight excluding hydrogens is 266 g/mol. The van der Waals surface area contributed by atoms with E-state index in [4.69, 9.17) is 0 Å². The third-order valence-corrected chi connectivity index (χ3v) is 3.34. The molecule has 21 heavy (non-hydrogen) atoms. The Morgan fingerprint density at radius 3 is 2.33 bits per heavy atom. The first-order valence-corrected chi connectivity index (χ1v) is 7.59. The molecule has 4 nitrogen and oxygen atoms in total. The number of ketones is 1. The Hall–Kier alpha value is -1.97. The average Bonchev–Trinajstić information content (AvgIpc) is 2.49. The van der Waals surface area contributed by atoms with Gasteiger partial charge in [0.25, 0.3) is 5.69 Å². The van der Waals surface area contributed by atoms with Crippen LogP contribution in [0.25, 0.3) is 6.08 Å². The number of benzene rings is 1. The molecule has 0 spiro atoms. The van der Waals surface area contributed by atoms with Gasteiger partial charge in [-0.3, -0.25) is 14.9 Å². The Labute approximate surface area is 126 Å². The molecule has 1 rings (SSSR count). The minimum atomic E-state index is -0.433. The summed E-state index contributed by atoms with van der Waals surface area (Å²) in [5, 5.41) is 10.5. The van der Waals surface area contributed by atoms with Crippen molar-refractivity contribution < 1.29 is 9.72 Å². The van der Waals surface area contributed by atoms with Crippen molar-refractivity contribution in [2.45, 2.75) is 51.9 Å². The Balaban J connectivity index is 2.28. The molecule has 0 N–H and O–H groups in total. The van der Waals surface area contributed by atoms with Gasteiger partial charge in [-0.15, -0.1) is 0 Å². The number of nitro benzene ring substituents is 1. The van der Waals surface area contributed by atoms with Crippen LogP contribution in [0.3, 0.4) is 0 Å². The van der Waals surface area contributed by atoms with Crippen molar-refractivity contribution in [3.63, 3.8) is 0 Å². The van der Waals surface area contributed by atoms with E-state index in [0.717, 1.165) is 18.4 Å². The molecule has 0 saturated heterocycles. The lowest BCUT2D eigenvalue weighted by Gasteiger charge is -1.98. The van der Waals surface area contributed by atoms with E-state index in [9.17, 15) is 14.9 Å². The van der Waals surface area contributed by atoms with Crippen LogP contribution in [-0.2, 0) is 4.79 Å². The minimum absolute atomic E-state index is 0.0607. The summed E-state index contributed by atoms with van der Waals surface area (Å²) >= 11 is 0. The smallest absolute Gasteiger partial charge is 0.269 e. The van der Waals surface area contributed by atoms with Crippen molar-refractivity contribution in [1.82, 2.24) is 0 Å². The van der Waals surface area contributed by atoms with Crippen molar-refractivity contribution in [2.75, 3.05) is 0 Å². The first kappa shape index (κ1) is 17.1. The van der Waals surface area contributed by atoms with Crippen LogP contribution >= 0.6 is 0 Å². The predicted octanol–water partition coefficient (Wildman–Crippen LogP) is 4.93. The molecule has 0 aromatic heterocycles. The van der Waals surface area contributed by atoms with E-state index in [2.05, 4.69) is 6.92 Å². The van der Waals surface area contributed by atoms with Gasteiger partial charge in [0.05, 0.1) is 4.92 Å². The van der Waals surface area contributed by atoms with E-state index in [0.29, 0.717) is 6.42 Å². The highest BCUT2D eigenvalue weighted by atomic mass is 16.6. The summed E-state index contributed by atoms with van der Waals surface area (Å²) in [6.45, 7) is 2.19. The Bertz CT molecular complexity index is 477. The molecular formula is C17H23NO3. The van der Waals surface area contributed by atoms with Crippen LogP contribution in [0.15, 0.2) is 30.3 Å². The average molecular weight is 289 g/mol. The van der Waals surface area contributed by atoms with Crippen LogP contribution < -0.4 is 0 Å². The summed E-state index contributed by atoms with van der Waals surface area (Å²) in [5.74, 6) is 0.115. The number of rotatable bonds is 10. The van der Waals surface area contributed by atoms with E-state index in [1.54, 1.807) is 24.3 Å². The second kappa shape index (κ2) is 9.86. The predicted molar refractivity (Wildman–Crippen MR) is 85.1 cm³/mol. The van der Waals surface area contributed by atoms with Gasteiger partial charge in [-0.05, 0) is 30.2 Å². The second-order valence-electron chi connectivity index (χ2n) is 5.17. The summed E-state index contributed by atoms with van der Waals surface area (Å²) in [7, 11) is 0. The third-order valence-electron chi connectivity index (χ3n) is 3.34. The highest BCUT2D eigenvalue weighted by molar-refractivity contribution is 5.93. The number of nitro groups is 1. The van der Waals surface area contributed by atoms with E-state index in [1.807, 2.05) is 0 Å². The number of allylic oxidation sites excluding steroid dienone is 1. The quantitative estimate of drug-likeness (QED) is 0.265. The highest BCUT2D eigenvalue weighted by Crippen LogP contribution is 2.13. The Kier molecular flexibility index (Phi) is 8.02. The number of carbonyl (C=O) groups excluding carboxylic acids is 1. The van der Waals surface area contributed by atoms with Crippen LogP contribution in [0.2, 0.25) is 0 Å². The molecule has 0 amide bonds. The van der Waals surface area contributed by atoms with Gasteiger partial charge in [0.1, 0.15) is 0 Å². The van der Waals surface area contributed by atoms with Crippen molar-refractivity contribution >= 4 is 17.5 Å². The molecule has 0 unspecified atom stereocenters. The molecule has 4 heteroatoms. The molecule has 0 saturated carbocycles. The fourth-order valence-corrected chi connectivity index (χ4v) is 2.06. The number of carbonyl (C=O) groups is 1. The first-order chi connectivity index (χ1) is 10.1. The van der Waals surface area contributed by atoms with E-state index >= 15 is 0 Å². The van der Waals surface area contributed by atoms with Gasteiger partial charge < -0.3 is 0 Å². The number of non-ortho nitro benzene ring substituents is 1. The van der Waals surface area contributed by atoms with Crippen molar-refractivity contribution in [3.05, 3.63) is 46.0 Å². The monoisotopic (exact) mass is 289 g/mol. The van der Waals surface area contributed by atoms with Crippen LogP contribution in [-0.4, -0.2) is 10.7 Å². The largest absolute Gasteiger partial charge is 0.295 e. The van der Waals surface area contributed by atoms with Crippen molar-refractivity contribution in [3.8, 4) is 0 Å². The first-order valence-electron chi connectivity index (χ1n) is 7.59. The SMILES string of the molecule is CCCCCCCCC(=O)/C=C\c1ccc([N+](=O)[O-])cc1. The molecule has 0 fully saturated rings. The topological polar surface area (TPSA) is 60.2 Å². The van der Waals surface area contributed by atoms with E-state index in [1.165, 1.54) is 37.8 Å². The summed E-state index contributed by atoms with van der Waals surface area (Å²) in [4.78, 5) is 21.8.